The predicted octanol–water partition coefficient (Wildman–Crippen LogP) is 4.31. The van der Waals surface area contributed by atoms with Gasteiger partial charge in [0.25, 0.3) is 0 Å². The number of carboxylic acids is 1. The van der Waals surface area contributed by atoms with Gasteiger partial charge >= 0.3 is 5.97 Å². The Kier molecular flexibility index (Phi) is 5.23. The van der Waals surface area contributed by atoms with Crippen LogP contribution in [-0.2, 0) is 24.1 Å². The number of carbonyl (C=O) groups is 4. The number of halogens is 2. The van der Waals surface area contributed by atoms with E-state index in [1.807, 2.05) is 48.5 Å². The van der Waals surface area contributed by atoms with E-state index in [0.29, 0.717) is 5.69 Å². The largest absolute Gasteiger partial charge is 0.478 e. The first-order valence-electron chi connectivity index (χ1n) is 11.7. The van der Waals surface area contributed by atoms with E-state index in [9.17, 15) is 19.2 Å². The van der Waals surface area contributed by atoms with Crippen molar-refractivity contribution in [2.24, 2.45) is 11.8 Å². The number of alkyl halides is 2. The molecule has 4 aliphatic rings. The maximum atomic E-state index is 13.8. The molecular formula is C28H20Cl2N2O5. The fraction of sp³-hybridized carbons (Fsp3) is 0.214. The maximum absolute atomic E-state index is 13.8. The van der Waals surface area contributed by atoms with Crippen LogP contribution >= 0.6 is 23.2 Å². The second kappa shape index (κ2) is 8.16. The maximum Gasteiger partial charge on any atom is 0.335 e. The molecule has 1 heterocycles. The molecule has 186 valence electrons. The molecule has 0 radical (unpaired) electrons. The Bertz CT molecular complexity index is 1380. The Balaban J connectivity index is 1.29. The number of hydrogen-bond donors (Lipinski definition) is 2. The molecule has 0 unspecified atom stereocenters. The molecule has 2 atom stereocenters. The minimum absolute atomic E-state index is 0.0931. The summed E-state index contributed by atoms with van der Waals surface area (Å²) < 4.78 is 0. The number of aromatic carboxylic acids is 1. The van der Waals surface area contributed by atoms with Crippen molar-refractivity contribution in [3.05, 3.63) is 101 Å². The van der Waals surface area contributed by atoms with Crippen LogP contribution in [0.5, 0.6) is 0 Å². The first kappa shape index (κ1) is 23.7. The lowest BCUT2D eigenvalue weighted by Crippen LogP contribution is -2.57. The van der Waals surface area contributed by atoms with Gasteiger partial charge in [-0.25, -0.2) is 4.79 Å². The van der Waals surface area contributed by atoms with Gasteiger partial charge in [0.15, 0.2) is 0 Å². The molecule has 1 fully saturated rings. The van der Waals surface area contributed by atoms with Gasteiger partial charge in [-0.05, 0) is 46.5 Å². The summed E-state index contributed by atoms with van der Waals surface area (Å²) >= 11 is 14.7. The van der Waals surface area contributed by atoms with Crippen LogP contribution in [0.15, 0.2) is 72.8 Å². The molecule has 1 aliphatic heterocycles. The van der Waals surface area contributed by atoms with Crippen molar-refractivity contribution >= 4 is 52.6 Å². The van der Waals surface area contributed by atoms with E-state index in [4.69, 9.17) is 28.3 Å². The normalized spacial score (nSPS) is 26.9. The zero-order chi connectivity index (χ0) is 26.1. The van der Waals surface area contributed by atoms with Crippen LogP contribution in [0.1, 0.15) is 39.0 Å². The van der Waals surface area contributed by atoms with Crippen LogP contribution in [0.4, 0.5) is 5.69 Å². The molecule has 3 aromatic rings. The fourth-order valence-electron chi connectivity index (χ4n) is 6.08. The van der Waals surface area contributed by atoms with E-state index < -0.39 is 45.3 Å². The first-order chi connectivity index (χ1) is 17.7. The summed E-state index contributed by atoms with van der Waals surface area (Å²) in [5.74, 6) is -4.20. The molecule has 2 N–H and O–H groups in total. The van der Waals surface area contributed by atoms with E-state index in [2.05, 4.69) is 5.32 Å². The number of hydrogen-bond acceptors (Lipinski definition) is 4. The Hall–Kier alpha value is -3.68. The predicted molar refractivity (Wildman–Crippen MR) is 136 cm³/mol. The summed E-state index contributed by atoms with van der Waals surface area (Å²) in [5.41, 5.74) is 3.38. The monoisotopic (exact) mass is 534 g/mol. The Morgan fingerprint density at radius 2 is 1.22 bits per heavy atom. The summed E-state index contributed by atoms with van der Waals surface area (Å²) in [6, 6.07) is 20.5. The van der Waals surface area contributed by atoms with Gasteiger partial charge < -0.3 is 10.4 Å². The highest BCUT2D eigenvalue weighted by Gasteiger charge is 2.72. The number of nitrogens with zero attached hydrogens (tertiary/aromatic N) is 1. The summed E-state index contributed by atoms with van der Waals surface area (Å²) in [6.07, 6.45) is -0.137. The standard InChI is InChI=1S/C28H20Cl2N2O5/c29-27-17-5-1-2-6-18(17)28(30,20-8-4-3-7-19(20)27)23-22(27)24(34)32(25(23)35)14-13-21(33)31-16-11-9-15(10-12-16)26(36)37/h1-12,22-23H,13-14H2,(H,31,33)(H,36,37)/t22-,23-,27?,28?/m1/s1. The zero-order valence-corrected chi connectivity index (χ0v) is 20.8. The van der Waals surface area contributed by atoms with Gasteiger partial charge in [-0.3, -0.25) is 19.3 Å². The SMILES string of the molecule is O=C(CCN1C(=O)[C@H]2[C@H](C1=O)C1(Cl)c3ccccc3C2(Cl)c2ccccc21)Nc1ccc(C(=O)O)cc1. The number of carbonyl (C=O) groups excluding carboxylic acids is 3. The third-order valence-corrected chi connectivity index (χ3v) is 8.94. The zero-order valence-electron chi connectivity index (χ0n) is 19.3. The van der Waals surface area contributed by atoms with Crippen LogP contribution in [0.2, 0.25) is 0 Å². The van der Waals surface area contributed by atoms with E-state index in [0.717, 1.165) is 27.2 Å². The van der Waals surface area contributed by atoms with Gasteiger partial charge in [0.05, 0.1) is 17.4 Å². The number of likely N-dealkylation sites (tertiary alicyclic amines) is 1. The second-order valence-corrected chi connectivity index (χ2v) is 10.7. The number of nitrogens with one attached hydrogen (secondary N) is 1. The van der Waals surface area contributed by atoms with Crippen molar-refractivity contribution in [3.63, 3.8) is 0 Å². The smallest absolute Gasteiger partial charge is 0.335 e. The second-order valence-electron chi connectivity index (χ2n) is 9.48. The summed E-state index contributed by atoms with van der Waals surface area (Å²) in [7, 11) is 0. The molecule has 0 spiro atoms. The molecule has 1 saturated heterocycles. The van der Waals surface area contributed by atoms with E-state index >= 15 is 0 Å². The summed E-state index contributed by atoms with van der Waals surface area (Å²) in [5, 5.41) is 11.7. The Morgan fingerprint density at radius 1 is 0.784 bits per heavy atom. The van der Waals surface area contributed by atoms with Crippen molar-refractivity contribution in [1.29, 1.82) is 0 Å². The van der Waals surface area contributed by atoms with Gasteiger partial charge in [0, 0.05) is 18.7 Å². The molecule has 37 heavy (non-hydrogen) atoms. The number of carboxylic acid groups (broad SMARTS) is 1. The quantitative estimate of drug-likeness (QED) is 0.375. The van der Waals surface area contributed by atoms with Crippen molar-refractivity contribution in [2.45, 2.75) is 16.2 Å². The number of rotatable bonds is 5. The molecule has 2 bridgehead atoms. The molecule has 3 aromatic carbocycles. The van der Waals surface area contributed by atoms with Gasteiger partial charge in [0.1, 0.15) is 9.75 Å². The molecular weight excluding hydrogens is 515 g/mol. The number of anilines is 1. The van der Waals surface area contributed by atoms with Crippen LogP contribution in [0.3, 0.4) is 0 Å². The average molecular weight is 535 g/mol. The van der Waals surface area contributed by atoms with Crippen LogP contribution in [0, 0.1) is 11.8 Å². The highest BCUT2D eigenvalue weighted by Crippen LogP contribution is 2.69. The third kappa shape index (κ3) is 3.14. The van der Waals surface area contributed by atoms with Crippen LogP contribution in [-0.4, -0.2) is 40.2 Å². The molecule has 3 amide bonds. The van der Waals surface area contributed by atoms with E-state index in [-0.39, 0.29) is 18.5 Å². The Labute approximate surface area is 222 Å². The van der Waals surface area contributed by atoms with Crippen molar-refractivity contribution in [3.8, 4) is 0 Å². The van der Waals surface area contributed by atoms with Crippen LogP contribution < -0.4 is 5.32 Å². The number of benzene rings is 3. The lowest BCUT2D eigenvalue weighted by molar-refractivity contribution is -0.140. The average Bonchev–Trinajstić information content (AvgIpc) is 3.16. The first-order valence-corrected chi connectivity index (χ1v) is 12.5. The van der Waals surface area contributed by atoms with E-state index in [1.165, 1.54) is 24.3 Å². The highest BCUT2D eigenvalue weighted by molar-refractivity contribution is 6.36. The lowest BCUT2D eigenvalue weighted by Gasteiger charge is -2.54. The third-order valence-electron chi connectivity index (χ3n) is 7.65. The van der Waals surface area contributed by atoms with Crippen molar-refractivity contribution < 1.29 is 24.3 Å². The van der Waals surface area contributed by atoms with Gasteiger partial charge in [-0.2, -0.15) is 0 Å². The topological polar surface area (TPSA) is 104 Å². The van der Waals surface area contributed by atoms with Crippen LogP contribution in [0.25, 0.3) is 0 Å². The number of amides is 3. The summed E-state index contributed by atoms with van der Waals surface area (Å²) in [6.45, 7) is -0.129. The van der Waals surface area contributed by atoms with Crippen molar-refractivity contribution in [2.75, 3.05) is 11.9 Å². The van der Waals surface area contributed by atoms with E-state index in [1.54, 1.807) is 0 Å². The van der Waals surface area contributed by atoms with Crippen molar-refractivity contribution in [1.82, 2.24) is 4.90 Å². The van der Waals surface area contributed by atoms with Gasteiger partial charge in [-0.1, -0.05) is 48.5 Å². The molecule has 0 aromatic heterocycles. The molecule has 3 aliphatic carbocycles. The minimum Gasteiger partial charge on any atom is -0.478 e. The minimum atomic E-state index is -1.26. The molecule has 7 rings (SSSR count). The van der Waals surface area contributed by atoms with Gasteiger partial charge in [-0.15, -0.1) is 23.2 Å². The number of imide groups is 1. The summed E-state index contributed by atoms with van der Waals surface area (Å²) in [4.78, 5) is 49.7. The lowest BCUT2D eigenvalue weighted by atomic mass is 9.54. The molecule has 7 nitrogen and oxygen atoms in total. The van der Waals surface area contributed by atoms with Gasteiger partial charge in [0.2, 0.25) is 17.7 Å². The highest BCUT2D eigenvalue weighted by atomic mass is 35.5. The molecule has 0 saturated carbocycles. The fourth-order valence-corrected chi connectivity index (χ4v) is 7.18. The molecule has 9 heteroatoms. The Morgan fingerprint density at radius 3 is 1.62 bits per heavy atom.